The van der Waals surface area contributed by atoms with Crippen molar-refractivity contribution in [2.24, 2.45) is 0 Å². The van der Waals surface area contributed by atoms with Gasteiger partial charge < -0.3 is 10.5 Å². The van der Waals surface area contributed by atoms with Gasteiger partial charge in [0.1, 0.15) is 22.0 Å². The van der Waals surface area contributed by atoms with Gasteiger partial charge in [-0.3, -0.25) is 0 Å². The quantitative estimate of drug-likeness (QED) is 0.709. The molecule has 0 atom stereocenters. The summed E-state index contributed by atoms with van der Waals surface area (Å²) in [4.78, 5) is 22.4. The number of aromatic nitrogens is 2. The van der Waals surface area contributed by atoms with Crippen LogP contribution in [0.15, 0.2) is 18.2 Å². The fraction of sp³-hybridized carbons (Fsp3) is 0.188. The lowest BCUT2D eigenvalue weighted by Gasteiger charge is -2.07. The van der Waals surface area contributed by atoms with Gasteiger partial charge in [0.05, 0.1) is 10.4 Å². The topological polar surface area (TPSA) is 78.1 Å². The van der Waals surface area contributed by atoms with Crippen LogP contribution in [0.4, 0.5) is 10.2 Å². The van der Waals surface area contributed by atoms with Crippen molar-refractivity contribution < 1.29 is 13.9 Å². The Morgan fingerprint density at radius 3 is 2.83 bits per heavy atom. The van der Waals surface area contributed by atoms with Crippen LogP contribution >= 0.6 is 22.9 Å². The number of nitrogens with zero attached hydrogens (tertiary/aromatic N) is 2. The largest absolute Gasteiger partial charge is 0.454 e. The van der Waals surface area contributed by atoms with Crippen LogP contribution in [0.3, 0.4) is 0 Å². The van der Waals surface area contributed by atoms with E-state index in [1.165, 1.54) is 23.5 Å². The highest BCUT2D eigenvalue weighted by Crippen LogP contribution is 2.32. The van der Waals surface area contributed by atoms with E-state index in [1.54, 1.807) is 0 Å². The lowest BCUT2D eigenvalue weighted by atomic mass is 10.2. The van der Waals surface area contributed by atoms with Crippen molar-refractivity contribution in [2.45, 2.75) is 20.5 Å². The number of rotatable bonds is 3. The summed E-state index contributed by atoms with van der Waals surface area (Å²) in [6.45, 7) is 3.70. The van der Waals surface area contributed by atoms with Crippen LogP contribution in [0.25, 0.3) is 10.2 Å². The van der Waals surface area contributed by atoms with E-state index in [-0.39, 0.29) is 23.0 Å². The number of ether oxygens (including phenoxy) is 1. The number of halogens is 2. The molecule has 24 heavy (non-hydrogen) atoms. The lowest BCUT2D eigenvalue weighted by Crippen LogP contribution is -2.10. The summed E-state index contributed by atoms with van der Waals surface area (Å²) in [6.07, 6.45) is 0. The smallest absolute Gasteiger partial charge is 0.343 e. The fourth-order valence-corrected chi connectivity index (χ4v) is 3.58. The molecule has 0 saturated heterocycles. The molecule has 0 spiro atoms. The number of anilines is 1. The maximum Gasteiger partial charge on any atom is 0.343 e. The second kappa shape index (κ2) is 6.33. The first-order chi connectivity index (χ1) is 11.4. The predicted molar refractivity (Wildman–Crippen MR) is 91.8 cm³/mol. The molecule has 3 aromatic rings. The molecular weight excluding hydrogens is 353 g/mol. The van der Waals surface area contributed by atoms with Gasteiger partial charge in [0.2, 0.25) is 0 Å². The van der Waals surface area contributed by atoms with Gasteiger partial charge in [0, 0.05) is 4.88 Å². The van der Waals surface area contributed by atoms with Crippen LogP contribution in [-0.4, -0.2) is 15.9 Å². The third kappa shape index (κ3) is 2.92. The molecule has 124 valence electrons. The van der Waals surface area contributed by atoms with E-state index in [0.717, 1.165) is 26.7 Å². The van der Waals surface area contributed by atoms with Crippen molar-refractivity contribution in [3.63, 3.8) is 0 Å². The van der Waals surface area contributed by atoms with Gasteiger partial charge in [-0.1, -0.05) is 17.7 Å². The normalized spacial score (nSPS) is 11.0. The van der Waals surface area contributed by atoms with Crippen LogP contribution in [0.5, 0.6) is 0 Å². The number of esters is 1. The minimum absolute atomic E-state index is 0.0135. The van der Waals surface area contributed by atoms with E-state index in [2.05, 4.69) is 9.97 Å². The number of aryl methyl sites for hydroxylation is 2. The summed E-state index contributed by atoms with van der Waals surface area (Å²) in [5, 5.41) is 0.796. The molecule has 5 nitrogen and oxygen atoms in total. The molecule has 0 aliphatic carbocycles. The number of nitrogens with two attached hydrogens (primary N) is 1. The molecule has 0 radical (unpaired) electrons. The van der Waals surface area contributed by atoms with Crippen LogP contribution in [-0.2, 0) is 11.3 Å². The lowest BCUT2D eigenvalue weighted by molar-refractivity contribution is 0.0457. The molecule has 0 unspecified atom stereocenters. The van der Waals surface area contributed by atoms with Gasteiger partial charge in [-0.2, -0.15) is 0 Å². The molecule has 2 N–H and O–H groups in total. The molecule has 3 rings (SSSR count). The average molecular weight is 366 g/mol. The summed E-state index contributed by atoms with van der Waals surface area (Å²) in [6, 6.07) is 3.97. The minimum Gasteiger partial charge on any atom is -0.454 e. The van der Waals surface area contributed by atoms with Gasteiger partial charge in [0.25, 0.3) is 0 Å². The molecule has 1 aromatic carbocycles. The summed E-state index contributed by atoms with van der Waals surface area (Å²) < 4.78 is 18.8. The molecule has 0 amide bonds. The Labute approximate surface area is 146 Å². The first-order valence-electron chi connectivity index (χ1n) is 7.01. The Balaban J connectivity index is 1.85. The molecule has 0 bridgehead atoms. The standard InChI is InChI=1S/C16H13ClFN3O2S/c1-7-8(2)24-15-12(7)14(19)20-11(21-15)6-23-16(22)13-9(17)4-3-5-10(13)18/h3-5H,6H2,1-2H3,(H2,19,20,21). The zero-order chi connectivity index (χ0) is 17.4. The number of nitrogen functional groups attached to an aromatic ring is 1. The first-order valence-corrected chi connectivity index (χ1v) is 8.21. The fourth-order valence-electron chi connectivity index (χ4n) is 2.29. The maximum atomic E-state index is 13.7. The first kappa shape index (κ1) is 16.6. The average Bonchev–Trinajstić information content (AvgIpc) is 2.80. The Morgan fingerprint density at radius 2 is 2.12 bits per heavy atom. The van der Waals surface area contributed by atoms with E-state index >= 15 is 0 Å². The number of benzene rings is 1. The van der Waals surface area contributed by atoms with Crippen LogP contribution < -0.4 is 5.73 Å². The van der Waals surface area contributed by atoms with Gasteiger partial charge in [-0.05, 0) is 31.5 Å². The number of fused-ring (bicyclic) bond motifs is 1. The highest BCUT2D eigenvalue weighted by molar-refractivity contribution is 7.18. The van der Waals surface area contributed by atoms with E-state index in [0.29, 0.717) is 5.82 Å². The van der Waals surface area contributed by atoms with Gasteiger partial charge in [-0.25, -0.2) is 19.2 Å². The highest BCUT2D eigenvalue weighted by atomic mass is 35.5. The molecule has 2 heterocycles. The van der Waals surface area contributed by atoms with Crippen LogP contribution in [0.2, 0.25) is 5.02 Å². The highest BCUT2D eigenvalue weighted by Gasteiger charge is 2.19. The Morgan fingerprint density at radius 1 is 1.38 bits per heavy atom. The Hall–Kier alpha value is -2.25. The Bertz CT molecular complexity index is 938. The monoisotopic (exact) mass is 365 g/mol. The van der Waals surface area contributed by atoms with Crippen molar-refractivity contribution in [3.05, 3.63) is 50.9 Å². The molecule has 2 aromatic heterocycles. The third-order valence-electron chi connectivity index (χ3n) is 3.60. The van der Waals surface area contributed by atoms with Gasteiger partial charge >= 0.3 is 5.97 Å². The molecule has 0 saturated carbocycles. The number of thiophene rings is 1. The van der Waals surface area contributed by atoms with E-state index in [4.69, 9.17) is 22.1 Å². The van der Waals surface area contributed by atoms with Crippen LogP contribution in [0, 0.1) is 19.7 Å². The van der Waals surface area contributed by atoms with Gasteiger partial charge in [0.15, 0.2) is 12.4 Å². The minimum atomic E-state index is -0.876. The molecule has 0 fully saturated rings. The number of hydrogen-bond acceptors (Lipinski definition) is 6. The molecule has 0 aliphatic heterocycles. The van der Waals surface area contributed by atoms with Crippen molar-refractivity contribution in [2.75, 3.05) is 5.73 Å². The summed E-state index contributed by atoms with van der Waals surface area (Å²) in [5.41, 5.74) is 6.70. The number of carbonyl (C=O) groups is 1. The summed E-state index contributed by atoms with van der Waals surface area (Å²) in [7, 11) is 0. The van der Waals surface area contributed by atoms with E-state index in [1.807, 2.05) is 13.8 Å². The Kier molecular flexibility index (Phi) is 4.38. The maximum absolute atomic E-state index is 13.7. The van der Waals surface area contributed by atoms with Crippen molar-refractivity contribution >= 4 is 44.9 Å². The van der Waals surface area contributed by atoms with E-state index < -0.39 is 11.8 Å². The molecule has 8 heteroatoms. The van der Waals surface area contributed by atoms with E-state index in [9.17, 15) is 9.18 Å². The second-order valence-electron chi connectivity index (χ2n) is 5.16. The molecular formula is C16H13ClFN3O2S. The number of hydrogen-bond donors (Lipinski definition) is 1. The SMILES string of the molecule is Cc1sc2nc(COC(=O)c3c(F)cccc3Cl)nc(N)c2c1C. The summed E-state index contributed by atoms with van der Waals surface area (Å²) >= 11 is 7.33. The zero-order valence-corrected chi connectivity index (χ0v) is 14.5. The van der Waals surface area contributed by atoms with Crippen molar-refractivity contribution in [1.82, 2.24) is 9.97 Å². The van der Waals surface area contributed by atoms with Gasteiger partial charge in [-0.15, -0.1) is 11.3 Å². The van der Waals surface area contributed by atoms with Crippen molar-refractivity contribution in [3.8, 4) is 0 Å². The second-order valence-corrected chi connectivity index (χ2v) is 6.77. The third-order valence-corrected chi connectivity index (χ3v) is 5.02. The molecule has 0 aliphatic rings. The van der Waals surface area contributed by atoms with Crippen LogP contribution in [0.1, 0.15) is 26.6 Å². The van der Waals surface area contributed by atoms with Crippen molar-refractivity contribution in [1.29, 1.82) is 0 Å². The zero-order valence-electron chi connectivity index (χ0n) is 12.9. The number of carbonyl (C=O) groups excluding carboxylic acids is 1. The predicted octanol–water partition coefficient (Wildman–Crippen LogP) is 4.04. The summed E-state index contributed by atoms with van der Waals surface area (Å²) in [5.74, 6) is -1.04.